The Morgan fingerprint density at radius 1 is 1.00 bits per heavy atom. The van der Waals surface area contributed by atoms with Crippen molar-refractivity contribution in [1.82, 2.24) is 9.78 Å². The maximum atomic E-state index is 9.87. The third-order valence-electron chi connectivity index (χ3n) is 2.88. The molecule has 3 nitrogen and oxygen atoms in total. The van der Waals surface area contributed by atoms with Gasteiger partial charge < -0.3 is 5.11 Å². The molecule has 0 spiro atoms. The fourth-order valence-corrected chi connectivity index (χ4v) is 2.05. The number of nitrogens with zero attached hydrogens (tertiary/aromatic N) is 2. The molecule has 0 fully saturated rings. The molecule has 1 heterocycles. The fraction of sp³-hybridized carbons (Fsp3) is 0.0714. The second kappa shape index (κ2) is 3.63. The summed E-state index contributed by atoms with van der Waals surface area (Å²) in [6.45, 7) is 1.97. The highest BCUT2D eigenvalue weighted by Crippen LogP contribution is 2.26. The summed E-state index contributed by atoms with van der Waals surface area (Å²) in [5.74, 6) is 0.237. The maximum Gasteiger partial charge on any atom is 0.141 e. The van der Waals surface area contributed by atoms with Gasteiger partial charge >= 0.3 is 0 Å². The molecule has 1 N–H and O–H groups in total. The molecule has 0 aliphatic heterocycles. The van der Waals surface area contributed by atoms with E-state index in [1.165, 1.54) is 0 Å². The predicted molar refractivity (Wildman–Crippen MR) is 67.5 cm³/mol. The number of aromatic nitrogens is 2. The molecule has 3 heteroatoms. The van der Waals surface area contributed by atoms with Gasteiger partial charge in [-0.2, -0.15) is 5.10 Å². The summed E-state index contributed by atoms with van der Waals surface area (Å²) in [6, 6.07) is 15.2. The Labute approximate surface area is 98.9 Å². The topological polar surface area (TPSA) is 38.0 Å². The number of benzene rings is 2. The summed E-state index contributed by atoms with van der Waals surface area (Å²) in [5, 5.41) is 15.5. The van der Waals surface area contributed by atoms with Gasteiger partial charge in [0.25, 0.3) is 0 Å². The molecule has 2 aromatic carbocycles. The van der Waals surface area contributed by atoms with Crippen LogP contribution in [0, 0.1) is 6.92 Å². The molecule has 0 amide bonds. The Hall–Kier alpha value is -2.29. The van der Waals surface area contributed by atoms with Crippen molar-refractivity contribution in [3.63, 3.8) is 0 Å². The molecule has 84 valence electrons. The van der Waals surface area contributed by atoms with Crippen molar-refractivity contribution in [2.24, 2.45) is 0 Å². The summed E-state index contributed by atoms with van der Waals surface area (Å²) in [4.78, 5) is 0. The minimum absolute atomic E-state index is 0.237. The van der Waals surface area contributed by atoms with Crippen LogP contribution < -0.4 is 0 Å². The highest BCUT2D eigenvalue weighted by Gasteiger charge is 2.10. The van der Waals surface area contributed by atoms with Gasteiger partial charge in [-0.3, -0.25) is 0 Å². The monoisotopic (exact) mass is 224 g/mol. The lowest BCUT2D eigenvalue weighted by Crippen LogP contribution is -1.96. The largest absolute Gasteiger partial charge is 0.506 e. The number of aryl methyl sites for hydroxylation is 1. The number of aromatic hydroxyl groups is 1. The van der Waals surface area contributed by atoms with Crippen LogP contribution in [0.2, 0.25) is 0 Å². The van der Waals surface area contributed by atoms with Crippen LogP contribution in [0.5, 0.6) is 5.75 Å². The Bertz CT molecular complexity index is 686. The van der Waals surface area contributed by atoms with Crippen molar-refractivity contribution in [3.8, 4) is 11.4 Å². The number of phenols is 1. The normalized spacial score (nSPS) is 10.9. The van der Waals surface area contributed by atoms with Crippen LogP contribution in [0.15, 0.2) is 48.5 Å². The molecule has 0 aliphatic carbocycles. The quantitative estimate of drug-likeness (QED) is 0.690. The Morgan fingerprint density at radius 2 is 1.71 bits per heavy atom. The number of fused-ring (bicyclic) bond motifs is 1. The number of para-hydroxylation sites is 3. The molecule has 0 atom stereocenters. The molecule has 0 radical (unpaired) electrons. The molecule has 0 aliphatic rings. The average molecular weight is 224 g/mol. The van der Waals surface area contributed by atoms with Crippen molar-refractivity contribution in [2.45, 2.75) is 6.92 Å². The first-order chi connectivity index (χ1) is 8.27. The third-order valence-corrected chi connectivity index (χ3v) is 2.88. The van der Waals surface area contributed by atoms with Gasteiger partial charge in [-0.05, 0) is 25.1 Å². The fourth-order valence-electron chi connectivity index (χ4n) is 2.05. The zero-order chi connectivity index (χ0) is 11.8. The van der Waals surface area contributed by atoms with Gasteiger partial charge in [-0.15, -0.1) is 0 Å². The van der Waals surface area contributed by atoms with Gasteiger partial charge in [0.15, 0.2) is 0 Å². The van der Waals surface area contributed by atoms with E-state index in [2.05, 4.69) is 5.10 Å². The van der Waals surface area contributed by atoms with Crippen LogP contribution in [0.3, 0.4) is 0 Å². The van der Waals surface area contributed by atoms with Crippen molar-refractivity contribution < 1.29 is 5.11 Å². The van der Waals surface area contributed by atoms with Crippen molar-refractivity contribution >= 4 is 10.9 Å². The number of rotatable bonds is 1. The Kier molecular flexibility index (Phi) is 2.11. The molecule has 0 unspecified atom stereocenters. The van der Waals surface area contributed by atoms with E-state index in [9.17, 15) is 5.11 Å². The molecular formula is C14H12N2O. The summed E-state index contributed by atoms with van der Waals surface area (Å²) in [6.07, 6.45) is 0. The van der Waals surface area contributed by atoms with E-state index in [1.807, 2.05) is 43.3 Å². The van der Waals surface area contributed by atoms with Gasteiger partial charge in [0, 0.05) is 5.39 Å². The molecule has 3 rings (SSSR count). The zero-order valence-corrected chi connectivity index (χ0v) is 9.46. The van der Waals surface area contributed by atoms with E-state index < -0.39 is 0 Å². The van der Waals surface area contributed by atoms with Gasteiger partial charge in [0.05, 0.1) is 11.2 Å². The van der Waals surface area contributed by atoms with E-state index in [1.54, 1.807) is 16.8 Å². The first kappa shape index (κ1) is 9.90. The maximum absolute atomic E-state index is 9.87. The predicted octanol–water partition coefficient (Wildman–Crippen LogP) is 3.04. The first-order valence-corrected chi connectivity index (χ1v) is 5.50. The van der Waals surface area contributed by atoms with Crippen molar-refractivity contribution in [3.05, 3.63) is 54.2 Å². The van der Waals surface area contributed by atoms with E-state index in [-0.39, 0.29) is 5.75 Å². The molecule has 0 bridgehead atoms. The van der Waals surface area contributed by atoms with Crippen LogP contribution in [-0.2, 0) is 0 Å². The van der Waals surface area contributed by atoms with Gasteiger partial charge in [0.1, 0.15) is 11.4 Å². The summed E-state index contributed by atoms with van der Waals surface area (Å²) >= 11 is 0. The van der Waals surface area contributed by atoms with Gasteiger partial charge in [-0.25, -0.2) is 4.68 Å². The average Bonchev–Trinajstić information content (AvgIpc) is 2.68. The first-order valence-electron chi connectivity index (χ1n) is 5.50. The molecule has 1 aromatic heterocycles. The minimum Gasteiger partial charge on any atom is -0.506 e. The number of hydrogen-bond acceptors (Lipinski definition) is 2. The third kappa shape index (κ3) is 1.47. The molecule has 17 heavy (non-hydrogen) atoms. The van der Waals surface area contributed by atoms with Crippen molar-refractivity contribution in [1.29, 1.82) is 0 Å². The highest BCUT2D eigenvalue weighted by atomic mass is 16.3. The van der Waals surface area contributed by atoms with E-state index in [0.717, 1.165) is 16.6 Å². The number of hydrogen-bond donors (Lipinski definition) is 1. The van der Waals surface area contributed by atoms with Crippen LogP contribution in [0.4, 0.5) is 0 Å². The number of phenolic OH excluding ortho intramolecular Hbond substituents is 1. The smallest absolute Gasteiger partial charge is 0.141 e. The molecule has 3 aromatic rings. The molecule has 0 saturated heterocycles. The van der Waals surface area contributed by atoms with Crippen LogP contribution in [0.25, 0.3) is 16.6 Å². The Balaban J connectivity index is 2.35. The zero-order valence-electron chi connectivity index (χ0n) is 9.46. The van der Waals surface area contributed by atoms with Gasteiger partial charge in [-0.1, -0.05) is 30.3 Å². The summed E-state index contributed by atoms with van der Waals surface area (Å²) in [7, 11) is 0. The second-order valence-electron chi connectivity index (χ2n) is 4.00. The van der Waals surface area contributed by atoms with E-state index in [4.69, 9.17) is 0 Å². The highest BCUT2D eigenvalue weighted by molar-refractivity contribution is 5.83. The lowest BCUT2D eigenvalue weighted by Gasteiger charge is -2.05. The van der Waals surface area contributed by atoms with Crippen LogP contribution >= 0.6 is 0 Å². The summed E-state index contributed by atoms with van der Waals surface area (Å²) < 4.78 is 1.78. The van der Waals surface area contributed by atoms with E-state index >= 15 is 0 Å². The minimum atomic E-state index is 0.237. The lowest BCUT2D eigenvalue weighted by atomic mass is 10.2. The van der Waals surface area contributed by atoms with Gasteiger partial charge in [0.2, 0.25) is 0 Å². The van der Waals surface area contributed by atoms with Crippen LogP contribution in [0.1, 0.15) is 5.69 Å². The van der Waals surface area contributed by atoms with E-state index in [0.29, 0.717) is 5.69 Å². The lowest BCUT2D eigenvalue weighted by molar-refractivity contribution is 0.471. The second-order valence-corrected chi connectivity index (χ2v) is 4.00. The van der Waals surface area contributed by atoms with Crippen LogP contribution in [-0.4, -0.2) is 14.9 Å². The Morgan fingerprint density at radius 3 is 2.53 bits per heavy atom. The standard InChI is InChI=1S/C14H12N2O/c1-10-11-6-2-3-7-12(11)16(15-10)13-8-4-5-9-14(13)17/h2-9,17H,1H3. The molecular weight excluding hydrogens is 212 g/mol. The van der Waals surface area contributed by atoms with Crippen molar-refractivity contribution in [2.75, 3.05) is 0 Å². The molecule has 0 saturated carbocycles. The SMILES string of the molecule is Cc1nn(-c2ccccc2O)c2ccccc12. The summed E-state index contributed by atoms with van der Waals surface area (Å²) in [5.41, 5.74) is 2.67.